The van der Waals surface area contributed by atoms with Crippen LogP contribution in [0.5, 0.6) is 23.0 Å². The normalized spacial score (nSPS) is 11.9. The van der Waals surface area contributed by atoms with Crippen LogP contribution in [0.25, 0.3) is 6.08 Å². The van der Waals surface area contributed by atoms with Crippen molar-refractivity contribution in [1.82, 2.24) is 0 Å². The van der Waals surface area contributed by atoms with E-state index in [4.69, 9.17) is 18.9 Å². The number of benzene rings is 3. The van der Waals surface area contributed by atoms with Gasteiger partial charge in [0.1, 0.15) is 35.7 Å². The van der Waals surface area contributed by atoms with Crippen LogP contribution in [-0.4, -0.2) is 24.9 Å². The number of ether oxygens (including phenoxy) is 4. The van der Waals surface area contributed by atoms with Gasteiger partial charge in [-0.15, -0.1) is 0 Å². The second-order valence-corrected chi connectivity index (χ2v) is 7.28. The van der Waals surface area contributed by atoms with Crippen LogP contribution in [0.3, 0.4) is 0 Å². The molecule has 0 aliphatic heterocycles. The second kappa shape index (κ2) is 12.6. The lowest BCUT2D eigenvalue weighted by Crippen LogP contribution is -2.02. The highest BCUT2D eigenvalue weighted by Gasteiger charge is 2.13. The molecule has 0 aliphatic carbocycles. The first-order chi connectivity index (χ1) is 16.1. The Labute approximate surface area is 196 Å². The molecule has 1 atom stereocenters. The van der Waals surface area contributed by atoms with Gasteiger partial charge in [0.15, 0.2) is 0 Å². The van der Waals surface area contributed by atoms with Crippen LogP contribution in [0.2, 0.25) is 0 Å². The number of hydrogen-bond acceptors (Lipinski definition) is 5. The van der Waals surface area contributed by atoms with Crippen LogP contribution in [0, 0.1) is 0 Å². The summed E-state index contributed by atoms with van der Waals surface area (Å²) >= 11 is 0. The molecule has 0 fully saturated rings. The van der Waals surface area contributed by atoms with E-state index in [-0.39, 0.29) is 0 Å². The van der Waals surface area contributed by atoms with E-state index in [2.05, 4.69) is 0 Å². The molecule has 0 saturated heterocycles. The summed E-state index contributed by atoms with van der Waals surface area (Å²) in [4.78, 5) is 0. The van der Waals surface area contributed by atoms with Crippen LogP contribution in [-0.2, 0) is 6.61 Å². The molecule has 3 aromatic carbocycles. The molecular weight excluding hydrogens is 416 g/mol. The van der Waals surface area contributed by atoms with Crippen molar-refractivity contribution in [2.24, 2.45) is 0 Å². The van der Waals surface area contributed by atoms with Crippen molar-refractivity contribution in [2.75, 3.05) is 19.8 Å². The molecule has 0 amide bonds. The number of rotatable bonds is 12. The van der Waals surface area contributed by atoms with Crippen molar-refractivity contribution >= 4 is 6.08 Å². The molecule has 5 heteroatoms. The maximum Gasteiger partial charge on any atom is 0.130 e. The zero-order chi connectivity index (χ0) is 23.5. The van der Waals surface area contributed by atoms with E-state index in [9.17, 15) is 5.11 Å². The Kier molecular flexibility index (Phi) is 9.21. The minimum absolute atomic E-state index is 0.464. The van der Waals surface area contributed by atoms with Gasteiger partial charge >= 0.3 is 0 Å². The molecule has 0 saturated carbocycles. The van der Waals surface area contributed by atoms with Gasteiger partial charge < -0.3 is 24.1 Å². The third-order valence-corrected chi connectivity index (χ3v) is 4.91. The van der Waals surface area contributed by atoms with E-state index in [0.717, 1.165) is 16.9 Å². The molecule has 0 aromatic heterocycles. The summed E-state index contributed by atoms with van der Waals surface area (Å²) in [5, 5.41) is 10.9. The largest absolute Gasteiger partial charge is 0.494 e. The Morgan fingerprint density at radius 3 is 2.09 bits per heavy atom. The van der Waals surface area contributed by atoms with Crippen LogP contribution < -0.4 is 18.9 Å². The molecule has 5 nitrogen and oxygen atoms in total. The predicted octanol–water partition coefficient (Wildman–Crippen LogP) is 6.21. The van der Waals surface area contributed by atoms with E-state index >= 15 is 0 Å². The Hall–Kier alpha value is -3.44. The third-order valence-electron chi connectivity index (χ3n) is 4.91. The summed E-state index contributed by atoms with van der Waals surface area (Å²) in [6.45, 7) is 7.87. The smallest absolute Gasteiger partial charge is 0.130 e. The summed E-state index contributed by atoms with van der Waals surface area (Å²) < 4.78 is 23.0. The van der Waals surface area contributed by atoms with Gasteiger partial charge in [-0.05, 0) is 50.6 Å². The highest BCUT2D eigenvalue weighted by molar-refractivity contribution is 5.60. The molecule has 3 rings (SSSR count). The summed E-state index contributed by atoms with van der Waals surface area (Å²) in [7, 11) is 0. The Morgan fingerprint density at radius 2 is 1.36 bits per heavy atom. The quantitative estimate of drug-likeness (QED) is 0.357. The Morgan fingerprint density at radius 1 is 0.727 bits per heavy atom. The van der Waals surface area contributed by atoms with Gasteiger partial charge in [-0.25, -0.2) is 0 Å². The first-order valence-electron chi connectivity index (χ1n) is 11.3. The highest BCUT2D eigenvalue weighted by atomic mass is 16.5. The van der Waals surface area contributed by atoms with Gasteiger partial charge in [0.25, 0.3) is 0 Å². The van der Waals surface area contributed by atoms with Crippen molar-refractivity contribution in [3.63, 3.8) is 0 Å². The summed E-state index contributed by atoms with van der Waals surface area (Å²) in [6.07, 6.45) is 2.72. The van der Waals surface area contributed by atoms with Crippen molar-refractivity contribution in [3.8, 4) is 23.0 Å². The van der Waals surface area contributed by atoms with Gasteiger partial charge in [-0.1, -0.05) is 42.5 Å². The van der Waals surface area contributed by atoms with Crippen LogP contribution in [0.15, 0.2) is 72.8 Å². The monoisotopic (exact) mass is 448 g/mol. The van der Waals surface area contributed by atoms with Gasteiger partial charge in [-0.2, -0.15) is 0 Å². The highest BCUT2D eigenvalue weighted by Crippen LogP contribution is 2.32. The second-order valence-electron chi connectivity index (χ2n) is 7.28. The lowest BCUT2D eigenvalue weighted by atomic mass is 10.1. The number of hydrogen-bond donors (Lipinski definition) is 1. The van der Waals surface area contributed by atoms with Crippen molar-refractivity contribution in [3.05, 3.63) is 89.5 Å². The SMILES string of the molecule is CCOc1ccc(C=CC(O)c2ccc(OCc3ccccc3)cc2OCC)c(OCC)c1. The molecule has 0 radical (unpaired) electrons. The fourth-order valence-electron chi connectivity index (χ4n) is 3.36. The summed E-state index contributed by atoms with van der Waals surface area (Å²) in [5.41, 5.74) is 2.62. The summed E-state index contributed by atoms with van der Waals surface area (Å²) in [6, 6.07) is 21.2. The van der Waals surface area contributed by atoms with Gasteiger partial charge in [0.05, 0.1) is 19.8 Å². The average Bonchev–Trinajstić information content (AvgIpc) is 2.83. The zero-order valence-electron chi connectivity index (χ0n) is 19.5. The molecule has 1 unspecified atom stereocenters. The van der Waals surface area contributed by atoms with E-state index in [1.54, 1.807) is 6.08 Å². The molecule has 3 aromatic rings. The Balaban J connectivity index is 1.76. The number of aliphatic hydroxyl groups is 1. The standard InChI is InChI=1S/C28H32O5/c1-4-30-23-14-12-22(27(18-23)31-5-2)13-17-26(29)25-16-15-24(19-28(25)32-6-3)33-20-21-10-8-7-9-11-21/h7-19,26,29H,4-6,20H2,1-3H3. The molecular formula is C28H32O5. The predicted molar refractivity (Wildman–Crippen MR) is 131 cm³/mol. The topological polar surface area (TPSA) is 57.2 Å². The number of aliphatic hydroxyl groups excluding tert-OH is 1. The fraction of sp³-hybridized carbons (Fsp3) is 0.286. The molecule has 0 bridgehead atoms. The van der Waals surface area contributed by atoms with Gasteiger partial charge in [0.2, 0.25) is 0 Å². The van der Waals surface area contributed by atoms with E-state index < -0.39 is 6.10 Å². The van der Waals surface area contributed by atoms with Crippen LogP contribution >= 0.6 is 0 Å². The maximum absolute atomic E-state index is 10.9. The lowest BCUT2D eigenvalue weighted by Gasteiger charge is -2.16. The van der Waals surface area contributed by atoms with Crippen LogP contribution in [0.4, 0.5) is 0 Å². The molecule has 174 valence electrons. The first-order valence-corrected chi connectivity index (χ1v) is 11.3. The minimum atomic E-state index is -0.851. The third kappa shape index (κ3) is 7.02. The first kappa shape index (κ1) is 24.2. The van der Waals surface area contributed by atoms with E-state index in [1.807, 2.05) is 93.6 Å². The summed E-state index contributed by atoms with van der Waals surface area (Å²) in [5.74, 6) is 2.74. The van der Waals surface area contributed by atoms with Gasteiger partial charge in [0, 0.05) is 23.3 Å². The fourth-order valence-corrected chi connectivity index (χ4v) is 3.36. The van der Waals surface area contributed by atoms with Crippen molar-refractivity contribution < 1.29 is 24.1 Å². The van der Waals surface area contributed by atoms with Gasteiger partial charge in [-0.3, -0.25) is 0 Å². The molecule has 0 spiro atoms. The van der Waals surface area contributed by atoms with E-state index in [0.29, 0.717) is 49.2 Å². The molecule has 0 heterocycles. The molecule has 1 N–H and O–H groups in total. The lowest BCUT2D eigenvalue weighted by molar-refractivity contribution is 0.219. The average molecular weight is 449 g/mol. The van der Waals surface area contributed by atoms with E-state index in [1.165, 1.54) is 0 Å². The zero-order valence-corrected chi connectivity index (χ0v) is 19.5. The molecule has 33 heavy (non-hydrogen) atoms. The van der Waals surface area contributed by atoms with Crippen molar-refractivity contribution in [1.29, 1.82) is 0 Å². The Bertz CT molecular complexity index is 1030. The maximum atomic E-state index is 10.9. The molecule has 0 aliphatic rings. The minimum Gasteiger partial charge on any atom is -0.494 e. The van der Waals surface area contributed by atoms with Crippen molar-refractivity contribution in [2.45, 2.75) is 33.5 Å². The van der Waals surface area contributed by atoms with Crippen LogP contribution in [0.1, 0.15) is 43.6 Å².